The number of esters is 2. The lowest BCUT2D eigenvalue weighted by Gasteiger charge is -2.26. The topological polar surface area (TPSA) is 111 Å². The number of nitrogens with zero attached hydrogens (tertiary/aromatic N) is 1. The van der Waals surface area contributed by atoms with Gasteiger partial charge in [-0.3, -0.25) is 9.59 Å². The highest BCUT2D eigenvalue weighted by atomic mass is 16.7. The molecule has 0 heterocycles. The van der Waals surface area contributed by atoms with Crippen molar-refractivity contribution in [3.8, 4) is 0 Å². The number of carboxylic acid groups (broad SMARTS) is 1. The van der Waals surface area contributed by atoms with Gasteiger partial charge in [0, 0.05) is 12.8 Å². The van der Waals surface area contributed by atoms with Gasteiger partial charge in [-0.2, -0.15) is 0 Å². The number of likely N-dealkylation sites (N-methyl/N-ethyl adjacent to an activating group) is 1. The van der Waals surface area contributed by atoms with Crippen LogP contribution >= 0.6 is 0 Å². The van der Waals surface area contributed by atoms with Crippen LogP contribution in [0, 0.1) is 0 Å². The van der Waals surface area contributed by atoms with Gasteiger partial charge in [0.2, 0.25) is 0 Å². The van der Waals surface area contributed by atoms with Crippen molar-refractivity contribution in [3.63, 3.8) is 0 Å². The predicted octanol–water partition coefficient (Wildman–Crippen LogP) is 16.3. The zero-order valence-electron chi connectivity index (χ0n) is 47.4. The Balaban J connectivity index is 4.11. The van der Waals surface area contributed by atoms with Gasteiger partial charge in [-0.1, -0.05) is 262 Å². The molecule has 0 aromatic carbocycles. The van der Waals surface area contributed by atoms with Crippen LogP contribution < -0.4 is 5.11 Å². The molecular weight excluding hydrogens is 887 g/mol. The highest BCUT2D eigenvalue weighted by Crippen LogP contribution is 2.18. The summed E-state index contributed by atoms with van der Waals surface area (Å²) in [6.45, 7) is 4.67. The van der Waals surface area contributed by atoms with E-state index in [9.17, 15) is 19.5 Å². The van der Waals surface area contributed by atoms with E-state index in [1.165, 1.54) is 186 Å². The lowest BCUT2D eigenvalue weighted by atomic mass is 10.0. The molecular formula is C62H115NO8. The Hall–Kier alpha value is -2.49. The van der Waals surface area contributed by atoms with E-state index in [1.54, 1.807) is 0 Å². The highest BCUT2D eigenvalue weighted by molar-refractivity contribution is 5.70. The van der Waals surface area contributed by atoms with Crippen LogP contribution in [0.4, 0.5) is 0 Å². The Kier molecular flexibility index (Phi) is 51.9. The summed E-state index contributed by atoms with van der Waals surface area (Å²) in [4.78, 5) is 37.3. The molecule has 0 aliphatic carbocycles. The van der Waals surface area contributed by atoms with Gasteiger partial charge in [-0.25, -0.2) is 0 Å². The van der Waals surface area contributed by atoms with Crippen molar-refractivity contribution >= 4 is 17.9 Å². The summed E-state index contributed by atoms with van der Waals surface area (Å²) in [5.74, 6) is -2.28. The maximum atomic E-state index is 12.8. The maximum absolute atomic E-state index is 12.8. The Morgan fingerprint density at radius 3 is 1.20 bits per heavy atom. The quantitative estimate of drug-likeness (QED) is 0.0195. The molecule has 0 fully saturated rings. The molecule has 9 nitrogen and oxygen atoms in total. The van der Waals surface area contributed by atoms with E-state index < -0.39 is 24.3 Å². The third kappa shape index (κ3) is 55.1. The fraction of sp³-hybridized carbons (Fsp3) is 0.855. The van der Waals surface area contributed by atoms with Crippen molar-refractivity contribution in [1.29, 1.82) is 0 Å². The minimum atomic E-state index is -1.62. The summed E-state index contributed by atoms with van der Waals surface area (Å²) >= 11 is 0. The van der Waals surface area contributed by atoms with Crippen LogP contribution in [0.25, 0.3) is 0 Å². The number of carbonyl (C=O) groups is 3. The lowest BCUT2D eigenvalue weighted by molar-refractivity contribution is -0.870. The second-order valence-corrected chi connectivity index (χ2v) is 21.6. The number of rotatable bonds is 56. The largest absolute Gasteiger partial charge is 0.545 e. The van der Waals surface area contributed by atoms with E-state index in [0.717, 1.165) is 64.2 Å². The fourth-order valence-corrected chi connectivity index (χ4v) is 8.79. The average Bonchev–Trinajstić information content (AvgIpc) is 3.34. The normalized spacial score (nSPS) is 13.0. The number of aliphatic carboxylic acids is 1. The van der Waals surface area contributed by atoms with Crippen LogP contribution in [0.15, 0.2) is 36.5 Å². The average molecular weight is 1000 g/mol. The zero-order valence-corrected chi connectivity index (χ0v) is 47.4. The van der Waals surface area contributed by atoms with Crippen LogP contribution in [0.5, 0.6) is 0 Å². The molecule has 0 amide bonds. The number of hydrogen-bond acceptors (Lipinski definition) is 8. The van der Waals surface area contributed by atoms with Crippen molar-refractivity contribution in [3.05, 3.63) is 36.5 Å². The molecule has 0 rings (SSSR count). The molecule has 0 radical (unpaired) electrons. The minimum absolute atomic E-state index is 0.147. The second kappa shape index (κ2) is 53.8. The van der Waals surface area contributed by atoms with Gasteiger partial charge >= 0.3 is 11.9 Å². The van der Waals surface area contributed by atoms with Gasteiger partial charge in [0.15, 0.2) is 12.4 Å². The van der Waals surface area contributed by atoms with E-state index in [2.05, 4.69) is 50.3 Å². The van der Waals surface area contributed by atoms with Crippen LogP contribution in [0.1, 0.15) is 284 Å². The number of carboxylic acids is 1. The first-order chi connectivity index (χ1) is 34.6. The van der Waals surface area contributed by atoms with E-state index in [4.69, 9.17) is 18.9 Å². The minimum Gasteiger partial charge on any atom is -0.545 e. The van der Waals surface area contributed by atoms with E-state index >= 15 is 0 Å². The van der Waals surface area contributed by atoms with Gasteiger partial charge < -0.3 is 33.3 Å². The summed E-state index contributed by atoms with van der Waals surface area (Å²) in [7, 11) is 5.92. The summed E-state index contributed by atoms with van der Waals surface area (Å²) in [5.41, 5.74) is 0. The number of ether oxygens (including phenoxy) is 4. The smallest absolute Gasteiger partial charge is 0.306 e. The zero-order chi connectivity index (χ0) is 52.0. The molecule has 9 heteroatoms. The van der Waals surface area contributed by atoms with Crippen molar-refractivity contribution in [2.75, 3.05) is 47.5 Å². The molecule has 416 valence electrons. The predicted molar refractivity (Wildman–Crippen MR) is 297 cm³/mol. The second-order valence-electron chi connectivity index (χ2n) is 21.6. The first-order valence-corrected chi connectivity index (χ1v) is 30.1. The molecule has 2 unspecified atom stereocenters. The highest BCUT2D eigenvalue weighted by Gasteiger charge is 2.22. The summed E-state index contributed by atoms with van der Waals surface area (Å²) in [5, 5.41) is 11.8. The Morgan fingerprint density at radius 2 is 0.803 bits per heavy atom. The first-order valence-electron chi connectivity index (χ1n) is 30.1. The van der Waals surface area contributed by atoms with Crippen LogP contribution in [0.2, 0.25) is 0 Å². The Morgan fingerprint density at radius 1 is 0.437 bits per heavy atom. The monoisotopic (exact) mass is 1000 g/mol. The molecule has 0 spiro atoms. The molecule has 0 aromatic rings. The number of quaternary nitrogens is 1. The third-order valence-corrected chi connectivity index (χ3v) is 13.4. The van der Waals surface area contributed by atoms with Crippen LogP contribution in [0.3, 0.4) is 0 Å². The summed E-state index contributed by atoms with van der Waals surface area (Å²) < 4.78 is 22.7. The Labute approximate surface area is 439 Å². The molecule has 0 saturated heterocycles. The van der Waals surface area contributed by atoms with Gasteiger partial charge in [0.1, 0.15) is 13.2 Å². The van der Waals surface area contributed by atoms with Crippen molar-refractivity contribution in [2.45, 2.75) is 296 Å². The maximum Gasteiger partial charge on any atom is 0.306 e. The van der Waals surface area contributed by atoms with Gasteiger partial charge in [-0.15, -0.1) is 0 Å². The number of carbonyl (C=O) groups excluding carboxylic acids is 3. The van der Waals surface area contributed by atoms with Gasteiger partial charge in [0.05, 0.1) is 40.3 Å². The number of unbranched alkanes of at least 4 members (excludes halogenated alkanes) is 35. The fourth-order valence-electron chi connectivity index (χ4n) is 8.79. The van der Waals surface area contributed by atoms with E-state index in [0.29, 0.717) is 23.9 Å². The lowest BCUT2D eigenvalue weighted by Crippen LogP contribution is -2.44. The molecule has 0 bridgehead atoms. The molecule has 71 heavy (non-hydrogen) atoms. The van der Waals surface area contributed by atoms with Crippen LogP contribution in [-0.2, 0) is 33.3 Å². The van der Waals surface area contributed by atoms with Gasteiger partial charge in [-0.05, 0) is 44.9 Å². The molecule has 0 aliphatic rings. The SMILES string of the molecule is CC/C=C\C/C=C\C/C=C\CCCCCCCCCC(=O)OC(COC(=O)CCCCCCCCCCCCCCCCCCCCCCCCCCCCCCC)COC(OCC[N+](C)(C)C)C(=O)[O-]. The van der Waals surface area contributed by atoms with E-state index in [1.807, 2.05) is 21.1 Å². The van der Waals surface area contributed by atoms with Gasteiger partial charge in [0.25, 0.3) is 0 Å². The molecule has 0 aromatic heterocycles. The Bertz CT molecular complexity index is 1260. The first kappa shape index (κ1) is 68.5. The number of hydrogen-bond donors (Lipinski definition) is 0. The molecule has 0 aliphatic heterocycles. The van der Waals surface area contributed by atoms with Crippen molar-refractivity contribution in [1.82, 2.24) is 0 Å². The molecule has 0 N–H and O–H groups in total. The van der Waals surface area contributed by atoms with Crippen molar-refractivity contribution < 1.29 is 42.9 Å². The van der Waals surface area contributed by atoms with Crippen LogP contribution in [-0.4, -0.2) is 82.3 Å². The summed E-state index contributed by atoms with van der Waals surface area (Å²) in [6.07, 6.45) is 62.1. The third-order valence-electron chi connectivity index (χ3n) is 13.4. The molecule has 2 atom stereocenters. The number of allylic oxidation sites excluding steroid dienone is 6. The standard InChI is InChI=1S/C62H115NO8/c1-6-8-10-12-14-16-18-20-22-24-25-26-27-28-29-30-31-32-33-34-35-37-38-40-42-44-46-48-50-52-59(64)69-56-58(57-70-62(61(66)67)68-55-54-63(3,4)5)71-60(65)53-51-49-47-45-43-41-39-36-23-21-19-17-15-13-11-9-7-2/h9,11,15,17,21,23,58,62H,6-8,10,12-14,16,18-20,22,24-57H2,1-5H3/b11-9-,17-15-,23-21-. The molecule has 0 saturated carbocycles. The van der Waals surface area contributed by atoms with Crippen molar-refractivity contribution in [2.24, 2.45) is 0 Å². The van der Waals surface area contributed by atoms with E-state index in [-0.39, 0.29) is 32.2 Å². The summed E-state index contributed by atoms with van der Waals surface area (Å²) in [6, 6.07) is 0.